The molecule has 4 fully saturated rings. The van der Waals surface area contributed by atoms with Gasteiger partial charge in [-0.3, -0.25) is 0 Å². The van der Waals surface area contributed by atoms with E-state index in [4.69, 9.17) is 18.9 Å². The highest BCUT2D eigenvalue weighted by Crippen LogP contribution is 2.63. The molecule has 3 aliphatic heterocycles. The number of hydrogen-bond acceptors (Lipinski definition) is 4. The van der Waals surface area contributed by atoms with E-state index in [-0.39, 0.29) is 18.2 Å². The zero-order valence-electron chi connectivity index (χ0n) is 13.6. The molecule has 4 rings (SSSR count). The fourth-order valence-electron chi connectivity index (χ4n) is 5.49. The van der Waals surface area contributed by atoms with E-state index in [9.17, 15) is 0 Å². The van der Waals surface area contributed by atoms with Crippen LogP contribution < -0.4 is 0 Å². The molecule has 4 nitrogen and oxygen atoms in total. The molecule has 0 N–H and O–H groups in total. The van der Waals surface area contributed by atoms with Crippen LogP contribution in [0, 0.1) is 23.7 Å². The molecule has 1 spiro atoms. The summed E-state index contributed by atoms with van der Waals surface area (Å²) in [6.07, 6.45) is 4.24. The molecule has 1 aliphatic carbocycles. The number of fused-ring (bicyclic) bond motifs is 1. The second-order valence-electron chi connectivity index (χ2n) is 7.66. The van der Waals surface area contributed by atoms with Crippen LogP contribution in [0.5, 0.6) is 0 Å². The minimum absolute atomic E-state index is 0.156. The Morgan fingerprint density at radius 1 is 1.14 bits per heavy atom. The Labute approximate surface area is 127 Å². The molecule has 0 radical (unpaired) electrons. The molecule has 6 unspecified atom stereocenters. The van der Waals surface area contributed by atoms with Gasteiger partial charge in [-0.25, -0.2) is 0 Å². The average Bonchev–Trinajstić information content (AvgIpc) is 2.65. The zero-order valence-corrected chi connectivity index (χ0v) is 13.6. The molecule has 8 atom stereocenters. The number of rotatable bonds is 2. The van der Waals surface area contributed by atoms with Gasteiger partial charge in [0.15, 0.2) is 18.4 Å². The van der Waals surface area contributed by atoms with Crippen molar-refractivity contribution in [2.45, 2.75) is 77.3 Å². The topological polar surface area (TPSA) is 36.9 Å². The summed E-state index contributed by atoms with van der Waals surface area (Å²) in [5.41, 5.74) is -0.238. The lowest BCUT2D eigenvalue weighted by Gasteiger charge is -2.58. The van der Waals surface area contributed by atoms with Crippen molar-refractivity contribution >= 4 is 0 Å². The second-order valence-corrected chi connectivity index (χ2v) is 7.66. The molecule has 3 heterocycles. The third-order valence-corrected chi connectivity index (χ3v) is 6.46. The monoisotopic (exact) mass is 296 g/mol. The first-order valence-corrected chi connectivity index (χ1v) is 8.65. The standard InChI is InChI=1S/C17H28O4/c1-5-18-14-11(3)13-7-6-10(2)12-8-9-16(4)20-15(19-14)17(12,13)21-16/h10-15H,5-9H2,1-4H3/t10?,11?,12?,13?,14?,15?,16-,17-/m1/s1. The molecule has 4 heteroatoms. The van der Waals surface area contributed by atoms with Gasteiger partial charge in [0.25, 0.3) is 0 Å². The van der Waals surface area contributed by atoms with E-state index in [0.717, 1.165) is 6.42 Å². The van der Waals surface area contributed by atoms with E-state index < -0.39 is 5.79 Å². The normalized spacial score (nSPS) is 58.9. The average molecular weight is 296 g/mol. The summed E-state index contributed by atoms with van der Waals surface area (Å²) in [6, 6.07) is 0. The van der Waals surface area contributed by atoms with Crippen molar-refractivity contribution < 1.29 is 18.9 Å². The lowest BCUT2D eigenvalue weighted by atomic mass is 9.57. The highest BCUT2D eigenvalue weighted by atomic mass is 16.9. The quantitative estimate of drug-likeness (QED) is 0.783. The van der Waals surface area contributed by atoms with Crippen molar-refractivity contribution in [1.29, 1.82) is 0 Å². The van der Waals surface area contributed by atoms with Gasteiger partial charge in [0.2, 0.25) is 0 Å². The summed E-state index contributed by atoms with van der Waals surface area (Å²) in [6.45, 7) is 9.42. The predicted octanol–water partition coefficient (Wildman–Crippen LogP) is 3.30. The third-order valence-electron chi connectivity index (χ3n) is 6.46. The molecule has 2 bridgehead atoms. The Hall–Kier alpha value is -0.160. The molecule has 3 saturated heterocycles. The Morgan fingerprint density at radius 3 is 2.71 bits per heavy atom. The van der Waals surface area contributed by atoms with Crippen LogP contribution in [0.3, 0.4) is 0 Å². The highest BCUT2D eigenvalue weighted by molar-refractivity contribution is 5.12. The first kappa shape index (κ1) is 14.4. The molecule has 0 aromatic rings. The van der Waals surface area contributed by atoms with Crippen LogP contribution in [0.25, 0.3) is 0 Å². The van der Waals surface area contributed by atoms with E-state index in [1.807, 2.05) is 6.92 Å². The summed E-state index contributed by atoms with van der Waals surface area (Å²) in [7, 11) is 0. The first-order chi connectivity index (χ1) is 10.00. The van der Waals surface area contributed by atoms with Gasteiger partial charge in [-0.1, -0.05) is 13.8 Å². The highest BCUT2D eigenvalue weighted by Gasteiger charge is 2.71. The molecule has 120 valence electrons. The molecule has 0 aromatic carbocycles. The van der Waals surface area contributed by atoms with Crippen molar-refractivity contribution in [3.63, 3.8) is 0 Å². The maximum atomic E-state index is 6.61. The van der Waals surface area contributed by atoms with Crippen molar-refractivity contribution in [1.82, 2.24) is 0 Å². The van der Waals surface area contributed by atoms with Gasteiger partial charge in [-0.05, 0) is 44.9 Å². The fourth-order valence-corrected chi connectivity index (χ4v) is 5.49. The third kappa shape index (κ3) is 1.82. The van der Waals surface area contributed by atoms with Gasteiger partial charge in [0.1, 0.15) is 5.60 Å². The molecule has 4 aliphatic rings. The minimum atomic E-state index is -0.461. The maximum Gasteiger partial charge on any atom is 0.193 e. The van der Waals surface area contributed by atoms with Gasteiger partial charge in [0.05, 0.1) is 0 Å². The Balaban J connectivity index is 1.74. The lowest BCUT2D eigenvalue weighted by Crippen LogP contribution is -2.66. The summed E-state index contributed by atoms with van der Waals surface area (Å²) in [5, 5.41) is 0. The zero-order chi connectivity index (χ0) is 14.8. The molecular weight excluding hydrogens is 268 g/mol. The van der Waals surface area contributed by atoms with Crippen LogP contribution in [0.15, 0.2) is 0 Å². The molecular formula is C17H28O4. The van der Waals surface area contributed by atoms with Gasteiger partial charge in [-0.2, -0.15) is 0 Å². The van der Waals surface area contributed by atoms with Crippen LogP contribution >= 0.6 is 0 Å². The summed E-state index contributed by atoms with van der Waals surface area (Å²) >= 11 is 0. The molecule has 0 aromatic heterocycles. The van der Waals surface area contributed by atoms with Crippen molar-refractivity contribution in [3.05, 3.63) is 0 Å². The van der Waals surface area contributed by atoms with Crippen LogP contribution in [0.4, 0.5) is 0 Å². The number of hydrogen-bond donors (Lipinski definition) is 0. The largest absolute Gasteiger partial charge is 0.353 e. The second kappa shape index (κ2) is 4.67. The molecule has 0 amide bonds. The van der Waals surface area contributed by atoms with Crippen molar-refractivity contribution in [3.8, 4) is 0 Å². The van der Waals surface area contributed by atoms with Crippen LogP contribution in [-0.4, -0.2) is 30.6 Å². The van der Waals surface area contributed by atoms with Crippen molar-refractivity contribution in [2.24, 2.45) is 23.7 Å². The van der Waals surface area contributed by atoms with Crippen LogP contribution in [0.2, 0.25) is 0 Å². The van der Waals surface area contributed by atoms with E-state index in [2.05, 4.69) is 20.8 Å². The SMILES string of the molecule is CCOC1OC2O[C@@]3(C)CCC4C(C)CCC(C1C)[C@@]24O3. The number of ether oxygens (including phenoxy) is 4. The predicted molar refractivity (Wildman–Crippen MR) is 77.4 cm³/mol. The summed E-state index contributed by atoms with van der Waals surface area (Å²) in [5.74, 6) is 1.63. The summed E-state index contributed by atoms with van der Waals surface area (Å²) in [4.78, 5) is 0. The lowest BCUT2D eigenvalue weighted by molar-refractivity contribution is -0.336. The maximum absolute atomic E-state index is 6.61. The summed E-state index contributed by atoms with van der Waals surface area (Å²) < 4.78 is 25.0. The van der Waals surface area contributed by atoms with E-state index >= 15 is 0 Å². The Morgan fingerprint density at radius 2 is 1.95 bits per heavy atom. The van der Waals surface area contributed by atoms with Gasteiger partial charge >= 0.3 is 0 Å². The van der Waals surface area contributed by atoms with E-state index in [1.54, 1.807) is 0 Å². The van der Waals surface area contributed by atoms with Crippen LogP contribution in [-0.2, 0) is 18.9 Å². The van der Waals surface area contributed by atoms with Crippen LogP contribution in [0.1, 0.15) is 53.4 Å². The first-order valence-electron chi connectivity index (χ1n) is 8.65. The van der Waals surface area contributed by atoms with Crippen molar-refractivity contribution in [2.75, 3.05) is 6.61 Å². The van der Waals surface area contributed by atoms with Gasteiger partial charge in [-0.15, -0.1) is 0 Å². The molecule has 1 saturated carbocycles. The minimum Gasteiger partial charge on any atom is -0.353 e. The smallest absolute Gasteiger partial charge is 0.193 e. The van der Waals surface area contributed by atoms with E-state index in [0.29, 0.717) is 30.3 Å². The van der Waals surface area contributed by atoms with Gasteiger partial charge in [0, 0.05) is 24.9 Å². The Kier molecular flexibility index (Phi) is 3.21. The van der Waals surface area contributed by atoms with E-state index in [1.165, 1.54) is 19.3 Å². The Bertz CT molecular complexity index is 427. The van der Waals surface area contributed by atoms with Gasteiger partial charge < -0.3 is 18.9 Å². The molecule has 21 heavy (non-hydrogen) atoms. The fraction of sp³-hybridized carbons (Fsp3) is 1.00.